The second-order valence-corrected chi connectivity index (χ2v) is 6.82. The van der Waals surface area contributed by atoms with Crippen molar-refractivity contribution in [1.82, 2.24) is 20.8 Å². The standard InChI is InChI=1S/C18H24N4O3/c1-18(2,3)17-21-15(25-22-17)9-8-14(23)20-11-12-6-5-7-13(10-12)16(24)19-4/h5-7,10H,8-9,11H2,1-4H3,(H,19,24)(H,20,23). The third-order valence-corrected chi connectivity index (χ3v) is 3.61. The fourth-order valence-electron chi connectivity index (χ4n) is 2.14. The van der Waals surface area contributed by atoms with E-state index in [1.165, 1.54) is 0 Å². The van der Waals surface area contributed by atoms with E-state index in [9.17, 15) is 9.59 Å². The van der Waals surface area contributed by atoms with Gasteiger partial charge in [-0.05, 0) is 17.7 Å². The average molecular weight is 344 g/mol. The van der Waals surface area contributed by atoms with E-state index < -0.39 is 0 Å². The number of rotatable bonds is 6. The van der Waals surface area contributed by atoms with Gasteiger partial charge in [0.1, 0.15) is 0 Å². The van der Waals surface area contributed by atoms with Crippen molar-refractivity contribution < 1.29 is 14.1 Å². The van der Waals surface area contributed by atoms with Crippen LogP contribution in [0.2, 0.25) is 0 Å². The fraction of sp³-hybridized carbons (Fsp3) is 0.444. The second-order valence-electron chi connectivity index (χ2n) is 6.82. The predicted molar refractivity (Wildman–Crippen MR) is 93.0 cm³/mol. The van der Waals surface area contributed by atoms with Crippen LogP contribution in [-0.4, -0.2) is 29.0 Å². The lowest BCUT2D eigenvalue weighted by Gasteiger charge is -2.10. The Bertz CT molecular complexity index is 747. The minimum atomic E-state index is -0.181. The van der Waals surface area contributed by atoms with E-state index in [0.29, 0.717) is 30.2 Å². The van der Waals surface area contributed by atoms with Gasteiger partial charge in [-0.2, -0.15) is 4.98 Å². The Labute approximate surface area is 147 Å². The molecule has 0 saturated heterocycles. The Kier molecular flexibility index (Phi) is 5.90. The van der Waals surface area contributed by atoms with E-state index in [4.69, 9.17) is 4.52 Å². The molecule has 0 atom stereocenters. The molecular weight excluding hydrogens is 320 g/mol. The zero-order chi connectivity index (χ0) is 18.4. The largest absolute Gasteiger partial charge is 0.355 e. The first-order chi connectivity index (χ1) is 11.8. The molecule has 0 fully saturated rings. The first-order valence-corrected chi connectivity index (χ1v) is 8.20. The van der Waals surface area contributed by atoms with Crippen molar-refractivity contribution in [3.05, 3.63) is 47.1 Å². The van der Waals surface area contributed by atoms with Gasteiger partial charge in [0.25, 0.3) is 5.91 Å². The summed E-state index contributed by atoms with van der Waals surface area (Å²) in [5.41, 5.74) is 1.25. The van der Waals surface area contributed by atoms with Crippen LogP contribution in [0.5, 0.6) is 0 Å². The van der Waals surface area contributed by atoms with Crippen molar-refractivity contribution in [3.8, 4) is 0 Å². The van der Waals surface area contributed by atoms with Gasteiger partial charge in [-0.25, -0.2) is 0 Å². The Morgan fingerprint density at radius 3 is 2.64 bits per heavy atom. The average Bonchev–Trinajstić information content (AvgIpc) is 3.07. The summed E-state index contributed by atoms with van der Waals surface area (Å²) < 4.78 is 5.17. The molecule has 0 radical (unpaired) electrons. The number of nitrogens with zero attached hydrogens (tertiary/aromatic N) is 2. The minimum Gasteiger partial charge on any atom is -0.355 e. The van der Waals surface area contributed by atoms with Gasteiger partial charge in [0.15, 0.2) is 5.82 Å². The lowest BCUT2D eigenvalue weighted by atomic mass is 9.96. The molecule has 0 unspecified atom stereocenters. The predicted octanol–water partition coefficient (Wildman–Crippen LogP) is 1.98. The molecule has 0 aliphatic carbocycles. The summed E-state index contributed by atoms with van der Waals surface area (Å²) in [6.07, 6.45) is 0.661. The van der Waals surface area contributed by atoms with E-state index in [0.717, 1.165) is 5.56 Å². The van der Waals surface area contributed by atoms with Gasteiger partial charge in [-0.1, -0.05) is 38.1 Å². The van der Waals surface area contributed by atoms with Crippen molar-refractivity contribution in [3.63, 3.8) is 0 Å². The number of aryl methyl sites for hydroxylation is 1. The van der Waals surface area contributed by atoms with Crippen LogP contribution in [0, 0.1) is 0 Å². The zero-order valence-electron chi connectivity index (χ0n) is 15.0. The molecule has 0 aliphatic rings. The molecule has 0 spiro atoms. The van der Waals surface area contributed by atoms with Gasteiger partial charge in [-0.15, -0.1) is 0 Å². The van der Waals surface area contributed by atoms with Gasteiger partial charge in [-0.3, -0.25) is 9.59 Å². The van der Waals surface area contributed by atoms with Crippen molar-refractivity contribution in [2.24, 2.45) is 0 Å². The van der Waals surface area contributed by atoms with Crippen LogP contribution >= 0.6 is 0 Å². The van der Waals surface area contributed by atoms with E-state index in [1.54, 1.807) is 25.2 Å². The molecule has 25 heavy (non-hydrogen) atoms. The van der Waals surface area contributed by atoms with Crippen LogP contribution in [0.15, 0.2) is 28.8 Å². The number of carbonyl (C=O) groups is 2. The zero-order valence-corrected chi connectivity index (χ0v) is 15.0. The van der Waals surface area contributed by atoms with Crippen molar-refractivity contribution in [2.45, 2.75) is 45.6 Å². The summed E-state index contributed by atoms with van der Waals surface area (Å²) in [7, 11) is 1.58. The van der Waals surface area contributed by atoms with Crippen LogP contribution in [0.3, 0.4) is 0 Å². The summed E-state index contributed by atoms with van der Waals surface area (Å²) >= 11 is 0. The molecule has 0 aliphatic heterocycles. The Hall–Kier alpha value is -2.70. The summed E-state index contributed by atoms with van der Waals surface area (Å²) in [5.74, 6) is 0.829. The van der Waals surface area contributed by atoms with Crippen molar-refractivity contribution in [2.75, 3.05) is 7.05 Å². The van der Waals surface area contributed by atoms with Crippen LogP contribution in [0.25, 0.3) is 0 Å². The van der Waals surface area contributed by atoms with E-state index in [-0.39, 0.29) is 23.7 Å². The third-order valence-electron chi connectivity index (χ3n) is 3.61. The number of amides is 2. The summed E-state index contributed by atoms with van der Waals surface area (Å²) in [6.45, 7) is 6.37. The summed E-state index contributed by atoms with van der Waals surface area (Å²) in [5, 5.41) is 9.34. The Morgan fingerprint density at radius 2 is 2.00 bits per heavy atom. The normalized spacial score (nSPS) is 11.2. The summed E-state index contributed by atoms with van der Waals surface area (Å²) in [6, 6.07) is 7.14. The monoisotopic (exact) mass is 344 g/mol. The van der Waals surface area contributed by atoms with E-state index in [2.05, 4.69) is 20.8 Å². The summed E-state index contributed by atoms with van der Waals surface area (Å²) in [4.78, 5) is 27.9. The molecule has 1 aromatic heterocycles. The molecule has 0 saturated carbocycles. The number of aromatic nitrogens is 2. The van der Waals surface area contributed by atoms with Crippen molar-refractivity contribution >= 4 is 11.8 Å². The van der Waals surface area contributed by atoms with Crippen LogP contribution in [-0.2, 0) is 23.2 Å². The molecule has 2 N–H and O–H groups in total. The maximum atomic E-state index is 12.0. The second kappa shape index (κ2) is 7.92. The van der Waals surface area contributed by atoms with Gasteiger partial charge in [0.05, 0.1) is 0 Å². The maximum Gasteiger partial charge on any atom is 0.251 e. The van der Waals surface area contributed by atoms with Crippen LogP contribution in [0.1, 0.15) is 54.8 Å². The van der Waals surface area contributed by atoms with E-state index >= 15 is 0 Å². The highest BCUT2D eigenvalue weighted by Gasteiger charge is 2.21. The fourth-order valence-corrected chi connectivity index (χ4v) is 2.14. The molecule has 7 heteroatoms. The highest BCUT2D eigenvalue weighted by molar-refractivity contribution is 5.94. The smallest absolute Gasteiger partial charge is 0.251 e. The topological polar surface area (TPSA) is 97.1 Å². The number of carbonyl (C=O) groups excluding carboxylic acids is 2. The maximum absolute atomic E-state index is 12.0. The lowest BCUT2D eigenvalue weighted by Crippen LogP contribution is -2.23. The van der Waals surface area contributed by atoms with Gasteiger partial charge >= 0.3 is 0 Å². The highest BCUT2D eigenvalue weighted by atomic mass is 16.5. The molecule has 1 aromatic carbocycles. The van der Waals surface area contributed by atoms with Crippen molar-refractivity contribution in [1.29, 1.82) is 0 Å². The first kappa shape index (κ1) is 18.6. The number of nitrogens with one attached hydrogen (secondary N) is 2. The van der Waals surface area contributed by atoms with Gasteiger partial charge in [0, 0.05) is 37.4 Å². The quantitative estimate of drug-likeness (QED) is 0.835. The minimum absolute atomic E-state index is 0.110. The number of benzene rings is 1. The molecule has 2 amide bonds. The molecule has 134 valence electrons. The molecule has 0 bridgehead atoms. The van der Waals surface area contributed by atoms with Gasteiger partial charge < -0.3 is 15.2 Å². The van der Waals surface area contributed by atoms with Gasteiger partial charge in [0.2, 0.25) is 11.8 Å². The first-order valence-electron chi connectivity index (χ1n) is 8.20. The molecule has 7 nitrogen and oxygen atoms in total. The van der Waals surface area contributed by atoms with E-state index in [1.807, 2.05) is 26.8 Å². The number of hydrogen-bond donors (Lipinski definition) is 2. The SMILES string of the molecule is CNC(=O)c1cccc(CNC(=O)CCc2nc(C(C)(C)C)no2)c1. The van der Waals surface area contributed by atoms with Crippen LogP contribution in [0.4, 0.5) is 0 Å². The number of hydrogen-bond acceptors (Lipinski definition) is 5. The lowest BCUT2D eigenvalue weighted by molar-refractivity contribution is -0.121. The Balaban J connectivity index is 1.83. The highest BCUT2D eigenvalue weighted by Crippen LogP contribution is 2.18. The molecule has 2 aromatic rings. The molecule has 1 heterocycles. The molecular formula is C18H24N4O3. The third kappa shape index (κ3) is 5.41. The molecule has 2 rings (SSSR count). The Morgan fingerprint density at radius 1 is 1.24 bits per heavy atom. The van der Waals surface area contributed by atoms with Crippen LogP contribution < -0.4 is 10.6 Å².